The third-order valence-corrected chi connectivity index (χ3v) is 0.447. The quantitative estimate of drug-likeness (QED) is 0.707. The fraction of sp³-hybridized carbons (Fsp3) is 1.00. The van der Waals surface area contributed by atoms with Crippen molar-refractivity contribution in [3.63, 3.8) is 0 Å². The Morgan fingerprint density at radius 2 is 1.29 bits per heavy atom. The fourth-order valence-corrected chi connectivity index (χ4v) is 0.224. The average molecular weight is 255 g/mol. The molecule has 0 heterocycles. The van der Waals surface area contributed by atoms with Gasteiger partial charge in [-0.1, -0.05) is 13.8 Å². The van der Waals surface area contributed by atoms with Crippen LogP contribution >= 0.6 is 0 Å². The van der Waals surface area contributed by atoms with E-state index >= 15 is 0 Å². The van der Waals surface area contributed by atoms with E-state index in [0.717, 1.165) is 13.1 Å². The van der Waals surface area contributed by atoms with Gasteiger partial charge in [-0.3, -0.25) is 0 Å². The maximum atomic E-state index is 3.97. The van der Waals surface area contributed by atoms with Crippen molar-refractivity contribution < 1.29 is 52.4 Å². The van der Waals surface area contributed by atoms with Crippen LogP contribution in [0.2, 0.25) is 0 Å². The molecule has 0 amide bonds. The van der Waals surface area contributed by atoms with E-state index in [1.807, 2.05) is 13.8 Å². The molecule has 0 radical (unpaired) electrons. The normalized spacial score (nSPS) is 6.00. The van der Waals surface area contributed by atoms with Crippen molar-refractivity contribution >= 4 is 0 Å². The van der Waals surface area contributed by atoms with Crippen LogP contribution < -0.4 is 0 Å². The minimum absolute atomic E-state index is 0. The molecule has 1 nitrogen and oxygen atoms in total. The summed E-state index contributed by atoms with van der Waals surface area (Å²) < 4.78 is 0. The van der Waals surface area contributed by atoms with Gasteiger partial charge in [-0.05, 0) is 0 Å². The Kier molecular flexibility index (Phi) is 35.5. The molecule has 0 atom stereocenters. The number of rotatable bonds is 2. The summed E-state index contributed by atoms with van der Waals surface area (Å²) in [5, 5.41) is 3.97. The average Bonchev–Trinajstić information content (AvgIpc) is 1.41. The molecule has 0 spiro atoms. The van der Waals surface area contributed by atoms with Gasteiger partial charge in [0.25, 0.3) is 0 Å². The summed E-state index contributed by atoms with van der Waals surface area (Å²) in [6.07, 6.45) is 0. The third kappa shape index (κ3) is 18.2. The Morgan fingerprint density at radius 1 is 1.00 bits per heavy atom. The van der Waals surface area contributed by atoms with Gasteiger partial charge in [0.1, 0.15) is 0 Å². The van der Waals surface area contributed by atoms with Gasteiger partial charge >= 0.3 is 0 Å². The van der Waals surface area contributed by atoms with E-state index in [0.29, 0.717) is 0 Å². The number of nitrogens with zero attached hydrogens (tertiary/aromatic N) is 1. The van der Waals surface area contributed by atoms with E-state index in [9.17, 15) is 0 Å². The zero-order valence-electron chi connectivity index (χ0n) is 4.86. The van der Waals surface area contributed by atoms with Crippen LogP contribution in [-0.4, -0.2) is 13.1 Å². The van der Waals surface area contributed by atoms with Crippen LogP contribution in [-0.2, 0) is 52.4 Å². The fourth-order valence-electron chi connectivity index (χ4n) is 0.224. The van der Waals surface area contributed by atoms with Crippen LogP contribution in [0.3, 0.4) is 0 Å². The van der Waals surface area contributed by atoms with E-state index in [2.05, 4.69) is 5.32 Å². The van der Waals surface area contributed by atoms with Gasteiger partial charge in [-0.2, -0.15) is 13.1 Å². The summed E-state index contributed by atoms with van der Waals surface area (Å²) in [6, 6.07) is 0. The molecular formula is C4H10NZr2-. The Labute approximate surface area is 83.9 Å². The van der Waals surface area contributed by atoms with Gasteiger partial charge in [0, 0.05) is 52.4 Å². The summed E-state index contributed by atoms with van der Waals surface area (Å²) in [7, 11) is 0. The van der Waals surface area contributed by atoms with E-state index in [1.54, 1.807) is 0 Å². The largest absolute Gasteiger partial charge is 0.663 e. The second-order valence-corrected chi connectivity index (χ2v) is 0.856. The van der Waals surface area contributed by atoms with Crippen molar-refractivity contribution in [2.45, 2.75) is 13.8 Å². The summed E-state index contributed by atoms with van der Waals surface area (Å²) >= 11 is 0. The van der Waals surface area contributed by atoms with Crippen LogP contribution in [0.1, 0.15) is 13.8 Å². The first-order valence-corrected chi connectivity index (χ1v) is 2.05. The number of hydrogen-bond donors (Lipinski definition) is 0. The molecule has 0 bridgehead atoms. The summed E-state index contributed by atoms with van der Waals surface area (Å²) in [6.45, 7) is 6.03. The molecule has 0 saturated heterocycles. The van der Waals surface area contributed by atoms with Crippen molar-refractivity contribution in [1.82, 2.24) is 0 Å². The SMILES string of the molecule is CC[N-]CC.[Zr].[Zr]. The Balaban J connectivity index is -0.0000000800. The molecule has 3 heteroatoms. The van der Waals surface area contributed by atoms with Gasteiger partial charge in [0.15, 0.2) is 0 Å². The maximum Gasteiger partial charge on any atom is 0 e. The smallest absolute Gasteiger partial charge is 0 e. The molecule has 0 fully saturated rings. The molecule has 0 aliphatic carbocycles. The predicted molar refractivity (Wildman–Crippen MR) is 24.4 cm³/mol. The van der Waals surface area contributed by atoms with Gasteiger partial charge in [-0.25, -0.2) is 0 Å². The molecule has 0 saturated carbocycles. The summed E-state index contributed by atoms with van der Waals surface area (Å²) in [4.78, 5) is 0. The zero-order chi connectivity index (χ0) is 4.12. The van der Waals surface area contributed by atoms with Crippen LogP contribution in [0.4, 0.5) is 0 Å². The van der Waals surface area contributed by atoms with Crippen molar-refractivity contribution in [3.8, 4) is 0 Å². The van der Waals surface area contributed by atoms with Crippen LogP contribution in [0, 0.1) is 0 Å². The Hall–Kier alpha value is 1.73. The molecule has 40 valence electrons. The molecule has 0 unspecified atom stereocenters. The van der Waals surface area contributed by atoms with Crippen molar-refractivity contribution in [3.05, 3.63) is 5.32 Å². The van der Waals surface area contributed by atoms with E-state index in [-0.39, 0.29) is 52.4 Å². The van der Waals surface area contributed by atoms with Gasteiger partial charge < -0.3 is 5.32 Å². The molecule has 0 aromatic rings. The third-order valence-electron chi connectivity index (χ3n) is 0.447. The Bertz CT molecular complexity index is 17.2. The van der Waals surface area contributed by atoms with Gasteiger partial charge in [0.2, 0.25) is 0 Å². The maximum absolute atomic E-state index is 3.97. The van der Waals surface area contributed by atoms with Gasteiger partial charge in [-0.15, -0.1) is 0 Å². The zero-order valence-corrected chi connectivity index (χ0v) is 9.78. The minimum Gasteiger partial charge on any atom is -0.663 e. The number of hydrogen-bond acceptors (Lipinski definition) is 0. The van der Waals surface area contributed by atoms with Crippen molar-refractivity contribution in [1.29, 1.82) is 0 Å². The van der Waals surface area contributed by atoms with Crippen LogP contribution in [0.15, 0.2) is 0 Å². The second kappa shape index (κ2) is 15.6. The molecule has 0 aliphatic heterocycles. The molecule has 0 N–H and O–H groups in total. The first-order chi connectivity index (χ1) is 2.41. The Morgan fingerprint density at radius 3 is 1.29 bits per heavy atom. The molecule has 0 rings (SSSR count). The summed E-state index contributed by atoms with van der Waals surface area (Å²) in [5.41, 5.74) is 0. The molecule has 7 heavy (non-hydrogen) atoms. The van der Waals surface area contributed by atoms with E-state index in [1.165, 1.54) is 0 Å². The summed E-state index contributed by atoms with van der Waals surface area (Å²) in [5.74, 6) is 0. The first-order valence-electron chi connectivity index (χ1n) is 2.05. The predicted octanol–water partition coefficient (Wildman–Crippen LogP) is 1.39. The molecular weight excluding hydrogens is 244 g/mol. The standard InChI is InChI=1S/C4H10N.2Zr/c1-3-5-4-2;;/h3-4H2,1-2H3;;/q-1;;. The second-order valence-electron chi connectivity index (χ2n) is 0.856. The van der Waals surface area contributed by atoms with E-state index < -0.39 is 0 Å². The topological polar surface area (TPSA) is 14.1 Å². The molecule has 0 aromatic heterocycles. The minimum atomic E-state index is 0. The van der Waals surface area contributed by atoms with Crippen LogP contribution in [0.25, 0.3) is 5.32 Å². The van der Waals surface area contributed by atoms with Gasteiger partial charge in [0.05, 0.1) is 0 Å². The van der Waals surface area contributed by atoms with Crippen LogP contribution in [0.5, 0.6) is 0 Å². The molecule has 0 aliphatic rings. The monoisotopic (exact) mass is 252 g/mol. The first kappa shape index (κ1) is 15.9. The van der Waals surface area contributed by atoms with Crippen molar-refractivity contribution in [2.24, 2.45) is 0 Å². The molecule has 0 aromatic carbocycles. The van der Waals surface area contributed by atoms with E-state index in [4.69, 9.17) is 0 Å². The van der Waals surface area contributed by atoms with Crippen molar-refractivity contribution in [2.75, 3.05) is 13.1 Å².